The molecule has 0 bridgehead atoms. The summed E-state index contributed by atoms with van der Waals surface area (Å²) >= 11 is 7.21. The van der Waals surface area contributed by atoms with Crippen LogP contribution in [0, 0.1) is 0 Å². The van der Waals surface area contributed by atoms with E-state index in [0.29, 0.717) is 6.61 Å². The second kappa shape index (κ2) is 8.39. The summed E-state index contributed by atoms with van der Waals surface area (Å²) in [5, 5.41) is 2.02. The molecule has 0 amide bonds. The summed E-state index contributed by atoms with van der Waals surface area (Å²) in [5.41, 5.74) is 0. The minimum atomic E-state index is -2.22. The second-order valence-electron chi connectivity index (χ2n) is 3.76. The summed E-state index contributed by atoms with van der Waals surface area (Å²) < 4.78 is 12.6. The van der Waals surface area contributed by atoms with Crippen molar-refractivity contribution in [3.63, 3.8) is 0 Å². The summed E-state index contributed by atoms with van der Waals surface area (Å²) in [7, 11) is 0. The highest BCUT2D eigenvalue weighted by atomic mass is 32.5. The van der Waals surface area contributed by atoms with Crippen LogP contribution in [0.3, 0.4) is 0 Å². The third-order valence-corrected chi connectivity index (χ3v) is 7.42. The molecule has 0 aliphatic carbocycles. The Kier molecular flexibility index (Phi) is 7.56. The molecule has 1 aromatic heterocycles. The van der Waals surface area contributed by atoms with Crippen molar-refractivity contribution in [1.82, 2.24) is 0 Å². The highest BCUT2D eigenvalue weighted by Crippen LogP contribution is 2.48. The molecule has 0 N–H and O–H groups in total. The van der Waals surface area contributed by atoms with Crippen LogP contribution in [-0.4, -0.2) is 13.2 Å². The van der Waals surface area contributed by atoms with E-state index < -0.39 is 6.49 Å². The van der Waals surface area contributed by atoms with Crippen LogP contribution in [0.2, 0.25) is 0 Å². The molecule has 1 rings (SSSR count). The number of unbranched alkanes of at least 4 members (excludes halogenated alkanes) is 3. The molecule has 0 radical (unpaired) electrons. The summed E-state index contributed by atoms with van der Waals surface area (Å²) in [4.78, 5) is 0. The van der Waals surface area contributed by atoms with Gasteiger partial charge in [0.25, 0.3) is 0 Å². The fraction of sp³-hybridized carbons (Fsp3) is 0.667. The van der Waals surface area contributed by atoms with Gasteiger partial charge in [-0.1, -0.05) is 32.3 Å². The van der Waals surface area contributed by atoms with Crippen molar-refractivity contribution < 1.29 is 9.05 Å². The maximum absolute atomic E-state index is 5.88. The molecule has 0 fully saturated rings. The van der Waals surface area contributed by atoms with Gasteiger partial charge < -0.3 is 9.05 Å². The summed E-state index contributed by atoms with van der Waals surface area (Å²) in [6, 6.07) is 4.02. The zero-order valence-electron chi connectivity index (χ0n) is 10.6. The second-order valence-corrected chi connectivity index (χ2v) is 8.45. The first kappa shape index (κ1) is 15.3. The largest absolute Gasteiger partial charge is 0.326 e. The Labute approximate surface area is 114 Å². The predicted octanol–water partition coefficient (Wildman–Crippen LogP) is 4.32. The number of hydrogen-bond donors (Lipinski definition) is 0. The van der Waals surface area contributed by atoms with Crippen molar-refractivity contribution in [2.24, 2.45) is 0 Å². The summed E-state index contributed by atoms with van der Waals surface area (Å²) in [6.45, 7) is 3.28. The molecule has 1 heterocycles. The van der Waals surface area contributed by atoms with Gasteiger partial charge in [-0.05, 0) is 36.6 Å². The number of thiophene rings is 1. The van der Waals surface area contributed by atoms with Gasteiger partial charge in [0.15, 0.2) is 0 Å². The van der Waals surface area contributed by atoms with Crippen molar-refractivity contribution in [2.45, 2.75) is 39.5 Å². The minimum absolute atomic E-state index is 0.615. The maximum Gasteiger partial charge on any atom is 0.229 e. The fourth-order valence-corrected chi connectivity index (χ4v) is 5.36. The molecule has 1 atom stereocenters. The van der Waals surface area contributed by atoms with E-state index in [2.05, 4.69) is 6.92 Å². The average Bonchev–Trinajstić information content (AvgIpc) is 2.83. The Bertz CT molecular complexity index is 338. The molecule has 0 saturated carbocycles. The van der Waals surface area contributed by atoms with Crippen molar-refractivity contribution >= 4 is 34.3 Å². The molecule has 2 nitrogen and oxygen atoms in total. The molecule has 98 valence electrons. The quantitative estimate of drug-likeness (QED) is 0.499. The third-order valence-electron chi connectivity index (χ3n) is 2.33. The van der Waals surface area contributed by atoms with Crippen LogP contribution >= 0.6 is 17.8 Å². The van der Waals surface area contributed by atoms with Crippen molar-refractivity contribution in [1.29, 1.82) is 0 Å². The lowest BCUT2D eigenvalue weighted by molar-refractivity contribution is 0.258. The smallest absolute Gasteiger partial charge is 0.229 e. The highest BCUT2D eigenvalue weighted by Gasteiger charge is 2.22. The minimum Gasteiger partial charge on any atom is -0.326 e. The van der Waals surface area contributed by atoms with Crippen LogP contribution in [0.25, 0.3) is 0 Å². The monoisotopic (exact) mass is 292 g/mol. The van der Waals surface area contributed by atoms with Crippen LogP contribution in [0.1, 0.15) is 39.5 Å². The molecule has 1 unspecified atom stereocenters. The first-order chi connectivity index (χ1) is 8.23. The predicted molar refractivity (Wildman–Crippen MR) is 80.0 cm³/mol. The average molecular weight is 292 g/mol. The van der Waals surface area contributed by atoms with E-state index in [0.717, 1.165) is 17.6 Å². The lowest BCUT2D eigenvalue weighted by Gasteiger charge is -2.20. The Balaban J connectivity index is 2.46. The van der Waals surface area contributed by atoms with E-state index >= 15 is 0 Å². The SMILES string of the molecule is CCCCCCOP(=S)(OCC)c1cccs1. The van der Waals surface area contributed by atoms with E-state index in [1.807, 2.05) is 24.4 Å². The van der Waals surface area contributed by atoms with E-state index in [9.17, 15) is 0 Å². The van der Waals surface area contributed by atoms with Gasteiger partial charge in [0.2, 0.25) is 6.49 Å². The lowest BCUT2D eigenvalue weighted by Crippen LogP contribution is -2.07. The van der Waals surface area contributed by atoms with Gasteiger partial charge in [-0.25, -0.2) is 0 Å². The fourth-order valence-electron chi connectivity index (χ4n) is 1.47. The van der Waals surface area contributed by atoms with Gasteiger partial charge in [0.05, 0.1) is 17.8 Å². The molecule has 0 aliphatic heterocycles. The third kappa shape index (κ3) is 5.19. The zero-order valence-corrected chi connectivity index (χ0v) is 13.1. The van der Waals surface area contributed by atoms with Gasteiger partial charge in [0.1, 0.15) is 0 Å². The van der Waals surface area contributed by atoms with Crippen LogP contribution in [0.5, 0.6) is 0 Å². The molecule has 0 saturated heterocycles. The first-order valence-corrected chi connectivity index (χ1v) is 9.68. The van der Waals surface area contributed by atoms with Crippen LogP contribution < -0.4 is 4.62 Å². The van der Waals surface area contributed by atoms with E-state index in [4.69, 9.17) is 20.9 Å². The highest BCUT2D eigenvalue weighted by molar-refractivity contribution is 8.15. The van der Waals surface area contributed by atoms with E-state index in [-0.39, 0.29) is 0 Å². The van der Waals surface area contributed by atoms with Crippen molar-refractivity contribution in [2.75, 3.05) is 13.2 Å². The summed E-state index contributed by atoms with van der Waals surface area (Å²) in [5.74, 6) is 0. The Morgan fingerprint density at radius 2 is 2.06 bits per heavy atom. The van der Waals surface area contributed by atoms with E-state index in [1.54, 1.807) is 11.3 Å². The van der Waals surface area contributed by atoms with Crippen molar-refractivity contribution in [3.05, 3.63) is 17.5 Å². The van der Waals surface area contributed by atoms with Gasteiger partial charge in [-0.15, -0.1) is 11.3 Å². The van der Waals surface area contributed by atoms with Crippen molar-refractivity contribution in [3.8, 4) is 0 Å². The molecular weight excluding hydrogens is 271 g/mol. The van der Waals surface area contributed by atoms with Crippen LogP contribution in [-0.2, 0) is 20.9 Å². The van der Waals surface area contributed by atoms with E-state index in [1.165, 1.54) is 19.3 Å². The van der Waals surface area contributed by atoms with Gasteiger partial charge >= 0.3 is 0 Å². The molecular formula is C12H21O2PS2. The van der Waals surface area contributed by atoms with Gasteiger partial charge in [0, 0.05) is 0 Å². The lowest BCUT2D eigenvalue weighted by atomic mass is 10.2. The molecule has 0 spiro atoms. The Morgan fingerprint density at radius 1 is 1.24 bits per heavy atom. The normalized spacial score (nSPS) is 14.7. The van der Waals surface area contributed by atoms with Gasteiger partial charge in [-0.3, -0.25) is 0 Å². The standard InChI is InChI=1S/C12H21O2PS2/c1-3-5-6-7-10-14-15(16,13-4-2)12-9-8-11-17-12/h8-9,11H,3-7,10H2,1-2H3. The maximum atomic E-state index is 5.88. The summed E-state index contributed by atoms with van der Waals surface area (Å²) in [6.07, 6.45) is 4.79. The first-order valence-electron chi connectivity index (χ1n) is 6.16. The number of rotatable bonds is 9. The zero-order chi connectivity index (χ0) is 12.6. The molecule has 17 heavy (non-hydrogen) atoms. The number of hydrogen-bond acceptors (Lipinski definition) is 4. The molecule has 1 aromatic rings. The topological polar surface area (TPSA) is 18.5 Å². The van der Waals surface area contributed by atoms with Crippen LogP contribution in [0.15, 0.2) is 17.5 Å². The van der Waals surface area contributed by atoms with Crippen LogP contribution in [0.4, 0.5) is 0 Å². The molecule has 5 heteroatoms. The molecule has 0 aromatic carbocycles. The Hall–Kier alpha value is 0.270. The van der Waals surface area contributed by atoms with Gasteiger partial charge in [-0.2, -0.15) is 0 Å². The Morgan fingerprint density at radius 3 is 2.65 bits per heavy atom. The molecule has 0 aliphatic rings.